The number of aliphatic hydroxyl groups is 4. The SMILES string of the molecule is CC(=S)CC(O)C(O)C(O)C(O)C(N)=O. The topological polar surface area (TPSA) is 124 Å². The Morgan fingerprint density at radius 2 is 1.73 bits per heavy atom. The molecule has 88 valence electrons. The fourth-order valence-corrected chi connectivity index (χ4v) is 1.17. The second-order valence-electron chi connectivity index (χ2n) is 3.30. The molecule has 4 unspecified atom stereocenters. The lowest BCUT2D eigenvalue weighted by atomic mass is 10.00. The van der Waals surface area contributed by atoms with Crippen molar-refractivity contribution >= 4 is 23.0 Å². The van der Waals surface area contributed by atoms with E-state index in [0.717, 1.165) is 0 Å². The molecule has 15 heavy (non-hydrogen) atoms. The molecule has 7 heteroatoms. The minimum atomic E-state index is -1.92. The quantitative estimate of drug-likeness (QED) is 0.331. The van der Waals surface area contributed by atoms with E-state index in [4.69, 9.17) is 10.8 Å². The van der Waals surface area contributed by atoms with Crippen molar-refractivity contribution in [3.63, 3.8) is 0 Å². The van der Waals surface area contributed by atoms with Gasteiger partial charge in [-0.25, -0.2) is 0 Å². The predicted molar refractivity (Wildman–Crippen MR) is 56.1 cm³/mol. The summed E-state index contributed by atoms with van der Waals surface area (Å²) in [5.74, 6) is -1.17. The normalized spacial score (nSPS) is 19.0. The van der Waals surface area contributed by atoms with Crippen molar-refractivity contribution in [1.82, 2.24) is 0 Å². The van der Waals surface area contributed by atoms with Crippen molar-refractivity contribution in [1.29, 1.82) is 0 Å². The van der Waals surface area contributed by atoms with Crippen LogP contribution >= 0.6 is 12.2 Å². The molecule has 4 atom stereocenters. The van der Waals surface area contributed by atoms with E-state index in [0.29, 0.717) is 4.86 Å². The summed E-state index contributed by atoms with van der Waals surface area (Å²) in [6, 6.07) is 0. The highest BCUT2D eigenvalue weighted by atomic mass is 32.1. The van der Waals surface area contributed by atoms with E-state index in [-0.39, 0.29) is 6.42 Å². The van der Waals surface area contributed by atoms with E-state index in [1.807, 2.05) is 0 Å². The number of aliphatic hydroxyl groups excluding tert-OH is 4. The first-order chi connectivity index (χ1) is 6.77. The average molecular weight is 237 g/mol. The number of carbonyl (C=O) groups is 1. The summed E-state index contributed by atoms with van der Waals surface area (Å²) in [7, 11) is 0. The molecule has 0 saturated carbocycles. The molecule has 0 bridgehead atoms. The second kappa shape index (κ2) is 6.09. The predicted octanol–water partition coefficient (Wildman–Crippen LogP) is -2.30. The molecular weight excluding hydrogens is 222 g/mol. The molecule has 6 nitrogen and oxygen atoms in total. The van der Waals surface area contributed by atoms with E-state index in [2.05, 4.69) is 12.2 Å². The average Bonchev–Trinajstić information content (AvgIpc) is 2.13. The molecule has 0 rings (SSSR count). The Labute approximate surface area is 92.3 Å². The Bertz CT molecular complexity index is 247. The van der Waals surface area contributed by atoms with Crippen LogP contribution in [0, 0.1) is 0 Å². The zero-order valence-corrected chi connectivity index (χ0v) is 9.02. The monoisotopic (exact) mass is 237 g/mol. The first kappa shape index (κ1) is 14.4. The van der Waals surface area contributed by atoms with Crippen molar-refractivity contribution in [2.45, 2.75) is 37.8 Å². The number of hydrogen-bond donors (Lipinski definition) is 5. The van der Waals surface area contributed by atoms with Gasteiger partial charge in [-0.05, 0) is 11.8 Å². The summed E-state index contributed by atoms with van der Waals surface area (Å²) < 4.78 is 0. The Balaban J connectivity index is 4.36. The van der Waals surface area contributed by atoms with Crippen molar-refractivity contribution in [3.8, 4) is 0 Å². The minimum absolute atomic E-state index is 0.0148. The van der Waals surface area contributed by atoms with E-state index >= 15 is 0 Å². The van der Waals surface area contributed by atoms with Crippen LogP contribution in [0.4, 0.5) is 0 Å². The Morgan fingerprint density at radius 1 is 1.27 bits per heavy atom. The van der Waals surface area contributed by atoms with Crippen LogP contribution in [0.3, 0.4) is 0 Å². The standard InChI is InChI=1S/C8H15NO5S/c1-3(15)2-4(10)5(11)6(12)7(13)8(9)14/h4-7,10-13H,2H2,1H3,(H2,9,14). The third kappa shape index (κ3) is 4.63. The zero-order chi connectivity index (χ0) is 12.2. The molecular formula is C8H15NO5S. The number of hydrogen-bond acceptors (Lipinski definition) is 6. The first-order valence-corrected chi connectivity index (χ1v) is 4.69. The molecule has 0 aromatic heterocycles. The molecule has 0 fully saturated rings. The van der Waals surface area contributed by atoms with Crippen LogP contribution in [-0.4, -0.2) is 55.6 Å². The molecule has 0 aromatic carbocycles. The van der Waals surface area contributed by atoms with Gasteiger partial charge in [0, 0.05) is 6.42 Å². The van der Waals surface area contributed by atoms with Crippen molar-refractivity contribution in [3.05, 3.63) is 0 Å². The van der Waals surface area contributed by atoms with Crippen molar-refractivity contribution in [2.75, 3.05) is 0 Å². The molecule has 0 aliphatic heterocycles. The fourth-order valence-electron chi connectivity index (χ4n) is 0.998. The van der Waals surface area contributed by atoms with E-state index in [1.54, 1.807) is 6.92 Å². The van der Waals surface area contributed by atoms with Crippen LogP contribution in [-0.2, 0) is 4.79 Å². The van der Waals surface area contributed by atoms with Crippen LogP contribution in [0.1, 0.15) is 13.3 Å². The largest absolute Gasteiger partial charge is 0.390 e. The smallest absolute Gasteiger partial charge is 0.249 e. The van der Waals surface area contributed by atoms with Gasteiger partial charge in [0.05, 0.1) is 6.10 Å². The zero-order valence-electron chi connectivity index (χ0n) is 8.20. The maximum atomic E-state index is 10.5. The van der Waals surface area contributed by atoms with E-state index in [9.17, 15) is 20.1 Å². The lowest BCUT2D eigenvalue weighted by molar-refractivity contribution is -0.143. The third-order valence-electron chi connectivity index (χ3n) is 1.86. The highest BCUT2D eigenvalue weighted by Gasteiger charge is 2.33. The van der Waals surface area contributed by atoms with Gasteiger partial charge in [-0.3, -0.25) is 4.79 Å². The molecule has 0 aliphatic carbocycles. The summed E-state index contributed by atoms with van der Waals surface area (Å²) in [6.45, 7) is 1.56. The first-order valence-electron chi connectivity index (χ1n) is 4.28. The molecule has 1 amide bonds. The number of primary amides is 1. The van der Waals surface area contributed by atoms with Crippen LogP contribution in [0.2, 0.25) is 0 Å². The van der Waals surface area contributed by atoms with E-state index in [1.165, 1.54) is 0 Å². The van der Waals surface area contributed by atoms with Crippen LogP contribution in [0.25, 0.3) is 0 Å². The summed E-state index contributed by atoms with van der Waals surface area (Å²) in [6.07, 6.45) is -6.78. The van der Waals surface area contributed by atoms with Gasteiger partial charge >= 0.3 is 0 Å². The lowest BCUT2D eigenvalue weighted by Crippen LogP contribution is -2.49. The Hall–Kier alpha value is -0.600. The van der Waals surface area contributed by atoms with Crippen LogP contribution in [0.5, 0.6) is 0 Å². The highest BCUT2D eigenvalue weighted by Crippen LogP contribution is 2.08. The van der Waals surface area contributed by atoms with Gasteiger partial charge in [0.2, 0.25) is 5.91 Å². The summed E-state index contributed by atoms with van der Waals surface area (Å²) >= 11 is 4.69. The fraction of sp³-hybridized carbons (Fsp3) is 0.750. The van der Waals surface area contributed by atoms with Gasteiger partial charge in [-0.2, -0.15) is 0 Å². The molecule has 0 radical (unpaired) electrons. The lowest BCUT2D eigenvalue weighted by Gasteiger charge is -2.24. The van der Waals surface area contributed by atoms with Gasteiger partial charge in [0.15, 0.2) is 6.10 Å². The van der Waals surface area contributed by atoms with Gasteiger partial charge < -0.3 is 26.2 Å². The molecule has 0 saturated heterocycles. The molecule has 0 aromatic rings. The highest BCUT2D eigenvalue weighted by molar-refractivity contribution is 7.80. The number of rotatable bonds is 6. The van der Waals surface area contributed by atoms with Crippen LogP contribution in [0.15, 0.2) is 0 Å². The van der Waals surface area contributed by atoms with Crippen LogP contribution < -0.4 is 5.73 Å². The maximum Gasteiger partial charge on any atom is 0.249 e. The number of thiocarbonyl (C=S) groups is 1. The number of carbonyl (C=O) groups excluding carboxylic acids is 1. The molecule has 0 spiro atoms. The number of nitrogens with two attached hydrogens (primary N) is 1. The Morgan fingerprint density at radius 3 is 2.07 bits per heavy atom. The summed E-state index contributed by atoms with van der Waals surface area (Å²) in [5.41, 5.74) is 4.71. The summed E-state index contributed by atoms with van der Waals surface area (Å²) in [5, 5.41) is 36.9. The van der Waals surface area contributed by atoms with E-state index < -0.39 is 30.3 Å². The summed E-state index contributed by atoms with van der Waals surface area (Å²) in [4.78, 5) is 10.9. The van der Waals surface area contributed by atoms with Gasteiger partial charge in [-0.1, -0.05) is 12.2 Å². The Kier molecular flexibility index (Phi) is 5.84. The minimum Gasteiger partial charge on any atom is -0.390 e. The molecule has 0 aliphatic rings. The van der Waals surface area contributed by atoms with Crippen molar-refractivity contribution < 1.29 is 25.2 Å². The third-order valence-corrected chi connectivity index (χ3v) is 2.02. The van der Waals surface area contributed by atoms with Gasteiger partial charge in [0.25, 0.3) is 0 Å². The van der Waals surface area contributed by atoms with Gasteiger partial charge in [-0.15, -0.1) is 0 Å². The van der Waals surface area contributed by atoms with Gasteiger partial charge in [0.1, 0.15) is 12.2 Å². The van der Waals surface area contributed by atoms with Crippen molar-refractivity contribution in [2.24, 2.45) is 5.73 Å². The molecule has 6 N–H and O–H groups in total. The second-order valence-corrected chi connectivity index (χ2v) is 4.00. The number of amides is 1. The maximum absolute atomic E-state index is 10.5. The molecule has 0 heterocycles.